The third-order valence-electron chi connectivity index (χ3n) is 6.07. The van der Waals surface area contributed by atoms with Crippen molar-refractivity contribution in [1.29, 1.82) is 0 Å². The number of carbonyl (C=O) groups excluding carboxylic acids is 1. The summed E-state index contributed by atoms with van der Waals surface area (Å²) in [6, 6.07) is 4.72. The number of fused-ring (bicyclic) bond motifs is 2. The van der Waals surface area contributed by atoms with Gasteiger partial charge in [0.2, 0.25) is 0 Å². The van der Waals surface area contributed by atoms with E-state index in [-0.39, 0.29) is 47.7 Å². The number of halogens is 3. The van der Waals surface area contributed by atoms with Gasteiger partial charge in [-0.05, 0) is 18.2 Å². The van der Waals surface area contributed by atoms with E-state index in [9.17, 15) is 13.6 Å². The van der Waals surface area contributed by atoms with E-state index in [1.165, 1.54) is 24.4 Å². The summed E-state index contributed by atoms with van der Waals surface area (Å²) in [6.07, 6.45) is -0.452. The normalized spacial score (nSPS) is 27.7. The molecule has 3 aliphatic heterocycles. The van der Waals surface area contributed by atoms with E-state index in [1.807, 2.05) is 0 Å². The SMILES string of the molecule is NC1=N[C@](CF)(c2cc(NC(=O)c3cc4c(cn3)OC[C@H](F)O4)ccc2F)[C@H]2COCC[C@H]2O1. The molecule has 9 nitrogen and oxygen atoms in total. The number of pyridine rings is 1. The summed E-state index contributed by atoms with van der Waals surface area (Å²) in [7, 11) is 0. The van der Waals surface area contributed by atoms with Crippen LogP contribution in [0.2, 0.25) is 0 Å². The topological polar surface area (TPSA) is 117 Å². The van der Waals surface area contributed by atoms with E-state index >= 15 is 4.39 Å². The molecule has 0 spiro atoms. The Hall–Kier alpha value is -3.54. The van der Waals surface area contributed by atoms with Crippen molar-refractivity contribution < 1.29 is 36.9 Å². The zero-order valence-corrected chi connectivity index (χ0v) is 17.8. The lowest BCUT2D eigenvalue weighted by Gasteiger charge is -2.45. The number of nitrogens with zero attached hydrogens (tertiary/aromatic N) is 2. The second kappa shape index (κ2) is 8.67. The largest absolute Gasteiger partial charge is 0.481 e. The van der Waals surface area contributed by atoms with Crippen molar-refractivity contribution >= 4 is 17.6 Å². The number of amidine groups is 1. The third-order valence-corrected chi connectivity index (χ3v) is 6.07. The number of hydrogen-bond acceptors (Lipinski definition) is 8. The van der Waals surface area contributed by atoms with Gasteiger partial charge in [0.25, 0.3) is 18.3 Å². The minimum absolute atomic E-state index is 0.0328. The zero-order valence-electron chi connectivity index (χ0n) is 17.8. The number of nitrogens with one attached hydrogen (secondary N) is 1. The van der Waals surface area contributed by atoms with Crippen LogP contribution in [0.15, 0.2) is 35.5 Å². The minimum atomic E-state index is -1.68. The van der Waals surface area contributed by atoms with Gasteiger partial charge in [-0.1, -0.05) is 0 Å². The van der Waals surface area contributed by atoms with Crippen molar-refractivity contribution in [2.75, 3.05) is 31.8 Å². The van der Waals surface area contributed by atoms with Crippen molar-refractivity contribution in [3.8, 4) is 11.5 Å². The Morgan fingerprint density at radius 2 is 2.09 bits per heavy atom. The number of amides is 1. The first-order chi connectivity index (χ1) is 16.4. The maximum atomic E-state index is 15.0. The molecular weight excluding hydrogens is 457 g/mol. The number of hydrogen-bond donors (Lipinski definition) is 2. The Morgan fingerprint density at radius 3 is 2.91 bits per heavy atom. The van der Waals surface area contributed by atoms with Gasteiger partial charge < -0.3 is 30.0 Å². The number of carbonyl (C=O) groups is 1. The van der Waals surface area contributed by atoms with E-state index in [0.29, 0.717) is 13.0 Å². The van der Waals surface area contributed by atoms with Crippen LogP contribution in [-0.4, -0.2) is 55.9 Å². The molecule has 3 N–H and O–H groups in total. The Bertz CT molecular complexity index is 1150. The van der Waals surface area contributed by atoms with Gasteiger partial charge in [-0.2, -0.15) is 4.39 Å². The highest BCUT2D eigenvalue weighted by Gasteiger charge is 2.52. The summed E-state index contributed by atoms with van der Waals surface area (Å²) in [6.45, 7) is -0.816. The van der Waals surface area contributed by atoms with Gasteiger partial charge in [0.05, 0.1) is 25.3 Å². The fourth-order valence-electron chi connectivity index (χ4n) is 4.43. The predicted octanol–water partition coefficient (Wildman–Crippen LogP) is 2.45. The van der Waals surface area contributed by atoms with Crippen molar-refractivity contribution in [2.45, 2.75) is 24.4 Å². The van der Waals surface area contributed by atoms with Gasteiger partial charge in [0.1, 0.15) is 29.8 Å². The molecular formula is C22H21F3N4O5. The summed E-state index contributed by atoms with van der Waals surface area (Å²) in [5.74, 6) is -1.77. The van der Waals surface area contributed by atoms with Crippen molar-refractivity contribution in [3.63, 3.8) is 0 Å². The monoisotopic (exact) mass is 478 g/mol. The van der Waals surface area contributed by atoms with Crippen molar-refractivity contribution in [1.82, 2.24) is 4.98 Å². The number of aliphatic imine (C=N–C) groups is 1. The molecule has 4 atom stereocenters. The lowest BCUT2D eigenvalue weighted by Crippen LogP contribution is -2.54. The Morgan fingerprint density at radius 1 is 1.24 bits per heavy atom. The molecule has 1 saturated heterocycles. The highest BCUT2D eigenvalue weighted by atomic mass is 19.1. The van der Waals surface area contributed by atoms with E-state index in [0.717, 1.165) is 6.07 Å². The number of nitrogens with two attached hydrogens (primary N) is 1. The van der Waals surface area contributed by atoms with Crippen LogP contribution < -0.4 is 20.5 Å². The van der Waals surface area contributed by atoms with Gasteiger partial charge in [0.15, 0.2) is 18.1 Å². The van der Waals surface area contributed by atoms with Crippen molar-refractivity contribution in [2.24, 2.45) is 16.6 Å². The standard InChI is InChI=1S/C22H21F3N4O5/c23-10-22(13-8-31-4-3-16(13)34-21(26)29-22)12-5-11(1-2-14(12)24)28-20(30)15-6-17-18(7-27-15)32-9-19(25)33-17/h1-2,5-7,13,16,19H,3-4,8-10H2,(H2,26,29)(H,28,30)/t13-,16+,19+,22+/m0/s1. The van der Waals surface area contributed by atoms with Gasteiger partial charge in [0, 0.05) is 23.7 Å². The van der Waals surface area contributed by atoms with Crippen LogP contribution >= 0.6 is 0 Å². The quantitative estimate of drug-likeness (QED) is 0.693. The fraction of sp³-hybridized carbons (Fsp3) is 0.409. The maximum absolute atomic E-state index is 15.0. The minimum Gasteiger partial charge on any atom is -0.481 e. The molecule has 1 aromatic carbocycles. The molecule has 0 bridgehead atoms. The Balaban J connectivity index is 1.45. The third kappa shape index (κ3) is 3.87. The molecule has 0 unspecified atom stereocenters. The van der Waals surface area contributed by atoms with Gasteiger partial charge in [-0.3, -0.25) is 4.79 Å². The number of rotatable bonds is 4. The van der Waals surface area contributed by atoms with Gasteiger partial charge in [-0.15, -0.1) is 0 Å². The zero-order chi connectivity index (χ0) is 23.9. The van der Waals surface area contributed by atoms with E-state index < -0.39 is 42.3 Å². The molecule has 180 valence electrons. The average molecular weight is 478 g/mol. The molecule has 34 heavy (non-hydrogen) atoms. The van der Waals surface area contributed by atoms with Crippen LogP contribution in [0.25, 0.3) is 0 Å². The second-order valence-electron chi connectivity index (χ2n) is 8.14. The van der Waals surface area contributed by atoms with E-state index in [2.05, 4.69) is 15.3 Å². The molecule has 1 fully saturated rings. The van der Waals surface area contributed by atoms with Crippen LogP contribution in [0.4, 0.5) is 18.9 Å². The molecule has 2 aromatic rings. The Labute approximate surface area is 192 Å². The molecule has 5 rings (SSSR count). The second-order valence-corrected chi connectivity index (χ2v) is 8.14. The van der Waals surface area contributed by atoms with E-state index in [1.54, 1.807) is 0 Å². The predicted molar refractivity (Wildman–Crippen MR) is 113 cm³/mol. The van der Waals surface area contributed by atoms with E-state index in [4.69, 9.17) is 24.7 Å². The fourth-order valence-corrected chi connectivity index (χ4v) is 4.43. The lowest BCUT2D eigenvalue weighted by molar-refractivity contribution is -0.0785. The number of anilines is 1. The van der Waals surface area contributed by atoms with Gasteiger partial charge in [-0.25, -0.2) is 18.8 Å². The van der Waals surface area contributed by atoms with Gasteiger partial charge >= 0.3 is 0 Å². The first kappa shape index (κ1) is 22.3. The highest BCUT2D eigenvalue weighted by Crippen LogP contribution is 2.44. The van der Waals surface area contributed by atoms with Crippen LogP contribution in [-0.2, 0) is 15.0 Å². The van der Waals surface area contributed by atoms with Crippen LogP contribution in [0.1, 0.15) is 22.5 Å². The van der Waals surface area contributed by atoms with Crippen molar-refractivity contribution in [3.05, 3.63) is 47.5 Å². The molecule has 4 heterocycles. The number of benzene rings is 1. The average Bonchev–Trinajstić information content (AvgIpc) is 2.84. The lowest BCUT2D eigenvalue weighted by atomic mass is 9.74. The number of alkyl halides is 2. The molecule has 12 heteroatoms. The summed E-state index contributed by atoms with van der Waals surface area (Å²) in [5, 5.41) is 2.58. The molecule has 0 aliphatic carbocycles. The molecule has 1 amide bonds. The first-order valence-electron chi connectivity index (χ1n) is 10.6. The summed E-state index contributed by atoms with van der Waals surface area (Å²) >= 11 is 0. The smallest absolute Gasteiger partial charge is 0.283 e. The first-order valence-corrected chi connectivity index (χ1v) is 10.6. The highest BCUT2D eigenvalue weighted by molar-refractivity contribution is 6.03. The molecule has 0 radical (unpaired) electrons. The maximum Gasteiger partial charge on any atom is 0.283 e. The molecule has 0 saturated carbocycles. The van der Waals surface area contributed by atoms with Crippen LogP contribution in [0.5, 0.6) is 11.5 Å². The molecule has 3 aliphatic rings. The van der Waals surface area contributed by atoms with Crippen LogP contribution in [0.3, 0.4) is 0 Å². The Kier molecular flexibility index (Phi) is 5.68. The number of aromatic nitrogens is 1. The summed E-state index contributed by atoms with van der Waals surface area (Å²) in [4.78, 5) is 20.9. The summed E-state index contributed by atoms with van der Waals surface area (Å²) < 4.78 is 64.3. The van der Waals surface area contributed by atoms with Crippen LogP contribution in [0, 0.1) is 11.7 Å². The summed E-state index contributed by atoms with van der Waals surface area (Å²) in [5.41, 5.74) is 4.13. The number of ether oxygens (including phenoxy) is 4. The molecule has 1 aromatic heterocycles.